The maximum atomic E-state index is 12.9. The standard InChI is InChI=1S/C57H105N2O6P/c1-6-8-10-12-14-16-18-20-22-24-26-27-28-29-30-31-33-34-36-38-40-42-44-46-48-50-56(60)55(54-65-66(62,63)64-53-52-59(3,4)5)58-57(61)51-49-47-45-43-41-39-37-35-32-25-23-21-19-17-15-13-11-9-7-2/h9,11,15,17,21,23,32,35,39,41,48,50,55-56,60H,6-8,10,12-14,16,18-20,22,24-31,33-34,36-38,40,42-47,49,51-54H2,1-5H3,(H-,58,61,62,63)/b11-9-,17-15-,23-21-,35-32-,41-39-,50-48+. The minimum atomic E-state index is -4.61. The van der Waals surface area contributed by atoms with E-state index in [4.69, 9.17) is 9.05 Å². The SMILES string of the molecule is CC/C=C\C/C=C\C/C=C\C/C=C\C/C=C\CCCCCC(=O)NC(COP(=O)([O-])OCC[N+](C)(C)C)C(O)/C=C/CCCCCCCCCCCCCCCCCCCCCCCCC. The van der Waals surface area contributed by atoms with Crippen LogP contribution in [0.1, 0.15) is 232 Å². The van der Waals surface area contributed by atoms with Crippen LogP contribution in [0.2, 0.25) is 0 Å². The molecule has 8 nitrogen and oxygen atoms in total. The Labute approximate surface area is 408 Å². The highest BCUT2D eigenvalue weighted by Crippen LogP contribution is 2.38. The van der Waals surface area contributed by atoms with Crippen molar-refractivity contribution in [3.05, 3.63) is 72.9 Å². The summed E-state index contributed by atoms with van der Waals surface area (Å²) in [6, 6.07) is -0.909. The summed E-state index contributed by atoms with van der Waals surface area (Å²) in [5.41, 5.74) is 0. The van der Waals surface area contributed by atoms with Crippen LogP contribution in [0.3, 0.4) is 0 Å². The maximum Gasteiger partial charge on any atom is 0.268 e. The molecule has 0 aromatic rings. The molecule has 9 heteroatoms. The van der Waals surface area contributed by atoms with E-state index in [1.807, 2.05) is 27.2 Å². The van der Waals surface area contributed by atoms with Crippen LogP contribution in [-0.2, 0) is 18.4 Å². The summed E-state index contributed by atoms with van der Waals surface area (Å²) in [6.45, 7) is 4.52. The molecule has 384 valence electrons. The number of phosphoric ester groups is 1. The van der Waals surface area contributed by atoms with Crippen molar-refractivity contribution in [2.75, 3.05) is 40.9 Å². The Morgan fingerprint density at radius 1 is 0.545 bits per heavy atom. The van der Waals surface area contributed by atoms with Gasteiger partial charge >= 0.3 is 0 Å². The number of likely N-dealkylation sites (N-methyl/N-ethyl adjacent to an activating group) is 1. The Balaban J connectivity index is 4.31. The molecule has 0 bridgehead atoms. The normalized spacial score (nSPS) is 14.6. The van der Waals surface area contributed by atoms with Gasteiger partial charge in [-0.1, -0.05) is 234 Å². The van der Waals surface area contributed by atoms with Crippen LogP contribution in [-0.4, -0.2) is 68.5 Å². The van der Waals surface area contributed by atoms with Crippen LogP contribution in [0.15, 0.2) is 72.9 Å². The molecule has 3 unspecified atom stereocenters. The lowest BCUT2D eigenvalue weighted by atomic mass is 10.0. The van der Waals surface area contributed by atoms with Crippen molar-refractivity contribution in [1.29, 1.82) is 0 Å². The highest BCUT2D eigenvalue weighted by atomic mass is 31.2. The minimum Gasteiger partial charge on any atom is -0.756 e. The maximum absolute atomic E-state index is 12.9. The zero-order valence-corrected chi connectivity index (χ0v) is 44.5. The van der Waals surface area contributed by atoms with Crippen LogP contribution in [0.5, 0.6) is 0 Å². The van der Waals surface area contributed by atoms with E-state index in [2.05, 4.69) is 79.9 Å². The third-order valence-electron chi connectivity index (χ3n) is 11.9. The molecule has 0 aliphatic heterocycles. The number of nitrogens with zero attached hydrogens (tertiary/aromatic N) is 1. The molecule has 3 atom stereocenters. The number of carbonyl (C=O) groups is 1. The van der Waals surface area contributed by atoms with Crippen molar-refractivity contribution < 1.29 is 32.9 Å². The third kappa shape index (κ3) is 49.8. The van der Waals surface area contributed by atoms with Crippen LogP contribution in [0.4, 0.5) is 0 Å². The Morgan fingerprint density at radius 2 is 0.924 bits per heavy atom. The third-order valence-corrected chi connectivity index (χ3v) is 12.9. The van der Waals surface area contributed by atoms with E-state index in [9.17, 15) is 19.4 Å². The van der Waals surface area contributed by atoms with Gasteiger partial charge in [-0.05, 0) is 64.2 Å². The fourth-order valence-electron chi connectivity index (χ4n) is 7.65. The number of allylic oxidation sites excluding steroid dienone is 11. The summed E-state index contributed by atoms with van der Waals surface area (Å²) >= 11 is 0. The van der Waals surface area contributed by atoms with Crippen molar-refractivity contribution in [2.24, 2.45) is 0 Å². The van der Waals surface area contributed by atoms with E-state index in [-0.39, 0.29) is 12.5 Å². The van der Waals surface area contributed by atoms with Gasteiger partial charge in [0.25, 0.3) is 7.82 Å². The van der Waals surface area contributed by atoms with E-state index >= 15 is 0 Å². The topological polar surface area (TPSA) is 108 Å². The molecule has 0 aromatic carbocycles. The van der Waals surface area contributed by atoms with Crippen molar-refractivity contribution in [3.63, 3.8) is 0 Å². The Bertz CT molecular complexity index is 1300. The van der Waals surface area contributed by atoms with Crippen LogP contribution in [0, 0.1) is 0 Å². The second-order valence-corrected chi connectivity index (χ2v) is 21.0. The van der Waals surface area contributed by atoms with E-state index in [0.29, 0.717) is 23.9 Å². The largest absolute Gasteiger partial charge is 0.756 e. The monoisotopic (exact) mass is 945 g/mol. The highest BCUT2D eigenvalue weighted by molar-refractivity contribution is 7.45. The number of aliphatic hydroxyl groups excluding tert-OH is 1. The van der Waals surface area contributed by atoms with Gasteiger partial charge in [0.15, 0.2) is 0 Å². The number of phosphoric acid groups is 1. The average molecular weight is 945 g/mol. The first-order valence-electron chi connectivity index (χ1n) is 27.3. The zero-order chi connectivity index (χ0) is 48.5. The Morgan fingerprint density at radius 3 is 1.35 bits per heavy atom. The summed E-state index contributed by atoms with van der Waals surface area (Å²) in [5.74, 6) is -0.229. The molecular weight excluding hydrogens is 840 g/mol. The first kappa shape index (κ1) is 63.9. The van der Waals surface area contributed by atoms with Crippen LogP contribution in [0.25, 0.3) is 0 Å². The molecule has 0 aliphatic carbocycles. The number of hydrogen-bond donors (Lipinski definition) is 2. The van der Waals surface area contributed by atoms with Gasteiger partial charge in [0.1, 0.15) is 13.2 Å². The van der Waals surface area contributed by atoms with E-state index in [1.165, 1.54) is 135 Å². The molecule has 0 saturated carbocycles. The number of unbranched alkanes of at least 4 members (excludes halogenated alkanes) is 26. The number of hydrogen-bond acceptors (Lipinski definition) is 6. The van der Waals surface area contributed by atoms with Gasteiger partial charge < -0.3 is 28.8 Å². The number of rotatable bonds is 49. The van der Waals surface area contributed by atoms with Crippen LogP contribution < -0.4 is 10.2 Å². The molecule has 0 fully saturated rings. The lowest BCUT2D eigenvalue weighted by Gasteiger charge is -2.29. The van der Waals surface area contributed by atoms with Gasteiger partial charge in [0.05, 0.1) is 39.9 Å². The zero-order valence-electron chi connectivity index (χ0n) is 43.6. The summed E-state index contributed by atoms with van der Waals surface area (Å²) in [6.07, 6.45) is 65.4. The predicted octanol–water partition coefficient (Wildman–Crippen LogP) is 15.7. The summed E-state index contributed by atoms with van der Waals surface area (Å²) in [5, 5.41) is 13.8. The molecule has 0 saturated heterocycles. The van der Waals surface area contributed by atoms with Gasteiger partial charge in [-0.3, -0.25) is 9.36 Å². The first-order valence-corrected chi connectivity index (χ1v) is 28.8. The van der Waals surface area contributed by atoms with Crippen LogP contribution >= 0.6 is 7.82 Å². The van der Waals surface area contributed by atoms with E-state index in [0.717, 1.165) is 70.6 Å². The number of nitrogens with one attached hydrogen (secondary N) is 1. The summed E-state index contributed by atoms with van der Waals surface area (Å²) in [7, 11) is 1.23. The molecule has 0 radical (unpaired) electrons. The lowest BCUT2D eigenvalue weighted by Crippen LogP contribution is -2.45. The van der Waals surface area contributed by atoms with Gasteiger partial charge in [-0.15, -0.1) is 0 Å². The number of aliphatic hydroxyl groups is 1. The average Bonchev–Trinajstić information content (AvgIpc) is 3.28. The predicted molar refractivity (Wildman–Crippen MR) is 284 cm³/mol. The molecule has 0 rings (SSSR count). The molecule has 0 heterocycles. The molecule has 1 amide bonds. The van der Waals surface area contributed by atoms with Crippen molar-refractivity contribution in [3.8, 4) is 0 Å². The molecule has 66 heavy (non-hydrogen) atoms. The number of quaternary nitrogens is 1. The molecular formula is C57H105N2O6P. The summed E-state index contributed by atoms with van der Waals surface area (Å²) in [4.78, 5) is 25.4. The Kier molecular flexibility index (Phi) is 46.5. The van der Waals surface area contributed by atoms with Crippen molar-refractivity contribution >= 4 is 13.7 Å². The van der Waals surface area contributed by atoms with E-state index < -0.39 is 26.6 Å². The number of amides is 1. The fourth-order valence-corrected chi connectivity index (χ4v) is 8.37. The Hall–Kier alpha value is -2.06. The van der Waals surface area contributed by atoms with Gasteiger partial charge in [0, 0.05) is 6.42 Å². The van der Waals surface area contributed by atoms with Crippen molar-refractivity contribution in [1.82, 2.24) is 5.32 Å². The second kappa shape index (κ2) is 48.0. The second-order valence-electron chi connectivity index (χ2n) is 19.6. The first-order chi connectivity index (χ1) is 32.0. The summed E-state index contributed by atoms with van der Waals surface area (Å²) < 4.78 is 23.3. The quantitative estimate of drug-likeness (QED) is 0.0272. The molecule has 2 N–H and O–H groups in total. The lowest BCUT2D eigenvalue weighted by molar-refractivity contribution is -0.870. The fraction of sp³-hybridized carbons (Fsp3) is 0.772. The highest BCUT2D eigenvalue weighted by Gasteiger charge is 2.23. The van der Waals surface area contributed by atoms with E-state index in [1.54, 1.807) is 6.08 Å². The molecule has 0 aromatic heterocycles. The molecule has 0 spiro atoms. The number of carbonyl (C=O) groups excluding carboxylic acids is 1. The van der Waals surface area contributed by atoms with Gasteiger partial charge in [-0.2, -0.15) is 0 Å². The smallest absolute Gasteiger partial charge is 0.268 e. The van der Waals surface area contributed by atoms with Crippen molar-refractivity contribution in [2.45, 2.75) is 244 Å². The van der Waals surface area contributed by atoms with Gasteiger partial charge in [0.2, 0.25) is 5.91 Å². The molecule has 0 aliphatic rings. The minimum absolute atomic E-state index is 0.0110. The van der Waals surface area contributed by atoms with Gasteiger partial charge in [-0.25, -0.2) is 0 Å².